The lowest BCUT2D eigenvalue weighted by Crippen LogP contribution is -2.34. The summed E-state index contributed by atoms with van der Waals surface area (Å²) in [5.41, 5.74) is 0. The van der Waals surface area contributed by atoms with Crippen molar-refractivity contribution >= 4 is 11.7 Å². The van der Waals surface area contributed by atoms with Gasteiger partial charge in [0.1, 0.15) is 11.9 Å². The standard InChI is InChI=1S/C9H17N3O/c1-4-5-7-9(13)11-8(10-7)6-12(2)3/h7H,4-6H2,1-3H3,(H,10,11,13). The van der Waals surface area contributed by atoms with E-state index in [0.29, 0.717) is 6.54 Å². The molecule has 4 nitrogen and oxygen atoms in total. The third-order valence-electron chi connectivity index (χ3n) is 1.91. The third kappa shape index (κ3) is 2.81. The Hall–Kier alpha value is -0.900. The van der Waals surface area contributed by atoms with Crippen LogP contribution in [0.3, 0.4) is 0 Å². The number of hydrogen-bond donors (Lipinski definition) is 1. The summed E-state index contributed by atoms with van der Waals surface area (Å²) >= 11 is 0. The molecule has 1 atom stereocenters. The molecule has 1 unspecified atom stereocenters. The molecule has 0 spiro atoms. The summed E-state index contributed by atoms with van der Waals surface area (Å²) in [5, 5.41) is 2.79. The van der Waals surface area contributed by atoms with Crippen molar-refractivity contribution in [1.29, 1.82) is 0 Å². The fourth-order valence-electron chi connectivity index (χ4n) is 1.35. The highest BCUT2D eigenvalue weighted by Crippen LogP contribution is 2.07. The zero-order valence-corrected chi connectivity index (χ0v) is 8.50. The van der Waals surface area contributed by atoms with E-state index >= 15 is 0 Å². The molecular formula is C9H17N3O. The highest BCUT2D eigenvalue weighted by atomic mass is 16.2. The first-order chi connectivity index (χ1) is 6.13. The quantitative estimate of drug-likeness (QED) is 0.679. The van der Waals surface area contributed by atoms with Crippen molar-refractivity contribution in [3.05, 3.63) is 0 Å². The number of carbonyl (C=O) groups excluding carboxylic acids is 1. The maximum absolute atomic E-state index is 11.3. The van der Waals surface area contributed by atoms with E-state index in [1.807, 2.05) is 19.0 Å². The molecule has 4 heteroatoms. The van der Waals surface area contributed by atoms with Gasteiger partial charge in [0, 0.05) is 0 Å². The van der Waals surface area contributed by atoms with E-state index in [-0.39, 0.29) is 11.9 Å². The van der Waals surface area contributed by atoms with Crippen molar-refractivity contribution in [1.82, 2.24) is 10.2 Å². The average Bonchev–Trinajstić information content (AvgIpc) is 2.31. The summed E-state index contributed by atoms with van der Waals surface area (Å²) in [5.74, 6) is 0.854. The van der Waals surface area contributed by atoms with Gasteiger partial charge in [-0.3, -0.25) is 9.79 Å². The molecule has 1 rings (SSSR count). The van der Waals surface area contributed by atoms with Crippen LogP contribution >= 0.6 is 0 Å². The predicted molar refractivity (Wildman–Crippen MR) is 52.8 cm³/mol. The van der Waals surface area contributed by atoms with Gasteiger partial charge >= 0.3 is 0 Å². The zero-order chi connectivity index (χ0) is 9.84. The zero-order valence-electron chi connectivity index (χ0n) is 8.50. The second-order valence-electron chi connectivity index (χ2n) is 3.61. The number of carbonyl (C=O) groups is 1. The summed E-state index contributed by atoms with van der Waals surface area (Å²) in [4.78, 5) is 17.6. The Balaban J connectivity index is 2.50. The van der Waals surface area contributed by atoms with Crippen LogP contribution in [0, 0.1) is 0 Å². The van der Waals surface area contributed by atoms with Crippen LogP contribution in [0.25, 0.3) is 0 Å². The summed E-state index contributed by atoms with van der Waals surface area (Å²) in [6.45, 7) is 2.78. The van der Waals surface area contributed by atoms with Crippen LogP contribution in [0.15, 0.2) is 4.99 Å². The van der Waals surface area contributed by atoms with Crippen LogP contribution in [0.5, 0.6) is 0 Å². The van der Waals surface area contributed by atoms with Gasteiger partial charge in [-0.1, -0.05) is 13.3 Å². The summed E-state index contributed by atoms with van der Waals surface area (Å²) in [6, 6.07) is -0.139. The van der Waals surface area contributed by atoms with Crippen LogP contribution in [-0.4, -0.2) is 43.3 Å². The van der Waals surface area contributed by atoms with E-state index in [0.717, 1.165) is 18.7 Å². The fraction of sp³-hybridized carbons (Fsp3) is 0.778. The molecule has 1 amide bonds. The molecule has 1 heterocycles. The number of amidine groups is 1. The number of nitrogens with one attached hydrogen (secondary N) is 1. The molecule has 0 fully saturated rings. The summed E-state index contributed by atoms with van der Waals surface area (Å²) in [7, 11) is 3.92. The van der Waals surface area contributed by atoms with Crippen molar-refractivity contribution in [3.63, 3.8) is 0 Å². The van der Waals surface area contributed by atoms with Gasteiger partial charge in [0.2, 0.25) is 5.91 Å². The minimum Gasteiger partial charge on any atom is -0.312 e. The Morgan fingerprint density at radius 3 is 2.77 bits per heavy atom. The highest BCUT2D eigenvalue weighted by Gasteiger charge is 2.24. The molecule has 13 heavy (non-hydrogen) atoms. The van der Waals surface area contributed by atoms with E-state index in [2.05, 4.69) is 17.2 Å². The van der Waals surface area contributed by atoms with Crippen molar-refractivity contribution in [2.75, 3.05) is 20.6 Å². The first-order valence-corrected chi connectivity index (χ1v) is 4.65. The van der Waals surface area contributed by atoms with Gasteiger partial charge < -0.3 is 10.2 Å². The normalized spacial score (nSPS) is 22.0. The molecule has 0 aromatic rings. The molecular weight excluding hydrogens is 166 g/mol. The van der Waals surface area contributed by atoms with E-state index in [1.54, 1.807) is 0 Å². The number of nitrogens with zero attached hydrogens (tertiary/aromatic N) is 2. The Kier molecular flexibility index (Phi) is 3.42. The number of likely N-dealkylation sites (N-methyl/N-ethyl adjacent to an activating group) is 1. The van der Waals surface area contributed by atoms with Crippen LogP contribution < -0.4 is 5.32 Å². The second kappa shape index (κ2) is 4.37. The van der Waals surface area contributed by atoms with E-state index in [9.17, 15) is 4.79 Å². The van der Waals surface area contributed by atoms with Gasteiger partial charge in [-0.2, -0.15) is 0 Å². The van der Waals surface area contributed by atoms with Crippen LogP contribution in [0.1, 0.15) is 19.8 Å². The minimum absolute atomic E-state index is 0.0544. The third-order valence-corrected chi connectivity index (χ3v) is 1.91. The van der Waals surface area contributed by atoms with E-state index in [1.165, 1.54) is 0 Å². The first-order valence-electron chi connectivity index (χ1n) is 4.65. The van der Waals surface area contributed by atoms with Gasteiger partial charge in [0.05, 0.1) is 6.54 Å². The Morgan fingerprint density at radius 1 is 1.54 bits per heavy atom. The maximum Gasteiger partial charge on any atom is 0.250 e. The first kappa shape index (κ1) is 10.2. The summed E-state index contributed by atoms with van der Waals surface area (Å²) < 4.78 is 0. The Morgan fingerprint density at radius 2 is 2.23 bits per heavy atom. The lowest BCUT2D eigenvalue weighted by atomic mass is 10.2. The summed E-state index contributed by atoms with van der Waals surface area (Å²) in [6.07, 6.45) is 1.85. The monoisotopic (exact) mass is 183 g/mol. The molecule has 1 N–H and O–H groups in total. The lowest BCUT2D eigenvalue weighted by molar-refractivity contribution is -0.120. The van der Waals surface area contributed by atoms with E-state index < -0.39 is 0 Å². The Labute approximate surface area is 79.0 Å². The van der Waals surface area contributed by atoms with E-state index in [4.69, 9.17) is 0 Å². The smallest absolute Gasteiger partial charge is 0.250 e. The molecule has 0 aromatic carbocycles. The topological polar surface area (TPSA) is 44.7 Å². The SMILES string of the molecule is CCCC1N=C(CN(C)C)NC1=O. The van der Waals surface area contributed by atoms with Crippen LogP contribution in [0.2, 0.25) is 0 Å². The number of hydrogen-bond acceptors (Lipinski definition) is 3. The van der Waals surface area contributed by atoms with Gasteiger partial charge in [0.25, 0.3) is 0 Å². The van der Waals surface area contributed by atoms with Gasteiger partial charge in [0.15, 0.2) is 0 Å². The van der Waals surface area contributed by atoms with Crippen molar-refractivity contribution in [2.45, 2.75) is 25.8 Å². The number of amides is 1. The number of aliphatic imine (C=N–C) groups is 1. The molecule has 1 aliphatic rings. The average molecular weight is 183 g/mol. The van der Waals surface area contributed by atoms with Gasteiger partial charge in [-0.25, -0.2) is 0 Å². The molecule has 0 aliphatic carbocycles. The van der Waals surface area contributed by atoms with Crippen LogP contribution in [0.4, 0.5) is 0 Å². The van der Waals surface area contributed by atoms with Crippen molar-refractivity contribution in [2.24, 2.45) is 4.99 Å². The van der Waals surface area contributed by atoms with Crippen LogP contribution in [-0.2, 0) is 4.79 Å². The molecule has 1 aliphatic heterocycles. The second-order valence-corrected chi connectivity index (χ2v) is 3.61. The molecule has 0 radical (unpaired) electrons. The largest absolute Gasteiger partial charge is 0.312 e. The fourth-order valence-corrected chi connectivity index (χ4v) is 1.35. The molecule has 74 valence electrons. The Bertz CT molecular complexity index is 223. The lowest BCUT2D eigenvalue weighted by Gasteiger charge is -2.07. The molecule has 0 bridgehead atoms. The predicted octanol–water partition coefficient (Wildman–Crippen LogP) is 0.245. The van der Waals surface area contributed by atoms with Gasteiger partial charge in [-0.05, 0) is 20.5 Å². The molecule has 0 aromatic heterocycles. The van der Waals surface area contributed by atoms with Crippen molar-refractivity contribution in [3.8, 4) is 0 Å². The van der Waals surface area contributed by atoms with Crippen molar-refractivity contribution < 1.29 is 4.79 Å². The van der Waals surface area contributed by atoms with Gasteiger partial charge in [-0.15, -0.1) is 0 Å². The highest BCUT2D eigenvalue weighted by molar-refractivity contribution is 6.06. The maximum atomic E-state index is 11.3. The molecule has 0 saturated heterocycles. The number of rotatable bonds is 4. The minimum atomic E-state index is -0.139. The molecule has 0 saturated carbocycles.